The van der Waals surface area contributed by atoms with Gasteiger partial charge in [-0.3, -0.25) is 0 Å². The summed E-state index contributed by atoms with van der Waals surface area (Å²) in [5.41, 5.74) is 3.70. The standard InChI is InChI=1S/C18H28O/c1-7-16(5)14-18(8-2)19-13-12-17(6)11-9-10-15(3)4/h1,10,12,14,18H,8-9,11,13H2,2-6H3/b16-14-,17-12+. The van der Waals surface area contributed by atoms with E-state index in [1.54, 1.807) is 0 Å². The third-order valence-electron chi connectivity index (χ3n) is 2.90. The van der Waals surface area contributed by atoms with Gasteiger partial charge in [0.2, 0.25) is 0 Å². The molecule has 0 N–H and O–H groups in total. The summed E-state index contributed by atoms with van der Waals surface area (Å²) in [4.78, 5) is 0. The Bertz CT molecular complexity index is 373. The van der Waals surface area contributed by atoms with Crippen LogP contribution in [0.1, 0.15) is 53.9 Å². The Morgan fingerprint density at radius 3 is 2.42 bits per heavy atom. The molecule has 0 fully saturated rings. The highest BCUT2D eigenvalue weighted by molar-refractivity contribution is 5.23. The first kappa shape index (κ1) is 17.7. The van der Waals surface area contributed by atoms with Crippen molar-refractivity contribution in [3.05, 3.63) is 34.9 Å². The average Bonchev–Trinajstić information content (AvgIpc) is 2.36. The molecular weight excluding hydrogens is 232 g/mol. The van der Waals surface area contributed by atoms with Crippen molar-refractivity contribution in [2.75, 3.05) is 6.61 Å². The second kappa shape index (κ2) is 10.6. The molecule has 1 unspecified atom stereocenters. The maximum absolute atomic E-state index is 5.80. The summed E-state index contributed by atoms with van der Waals surface area (Å²) in [6, 6.07) is 0. The second-order valence-electron chi connectivity index (χ2n) is 5.14. The summed E-state index contributed by atoms with van der Waals surface area (Å²) < 4.78 is 5.80. The quantitative estimate of drug-likeness (QED) is 0.438. The first-order valence-corrected chi connectivity index (χ1v) is 7.05. The Labute approximate surface area is 119 Å². The van der Waals surface area contributed by atoms with E-state index in [2.05, 4.69) is 45.8 Å². The normalized spacial score (nSPS) is 13.9. The van der Waals surface area contributed by atoms with Gasteiger partial charge in [0, 0.05) is 0 Å². The first-order valence-electron chi connectivity index (χ1n) is 7.05. The van der Waals surface area contributed by atoms with Gasteiger partial charge in [0.15, 0.2) is 0 Å². The highest BCUT2D eigenvalue weighted by Gasteiger charge is 2.01. The lowest BCUT2D eigenvalue weighted by Gasteiger charge is -2.11. The predicted octanol–water partition coefficient (Wildman–Crippen LogP) is 5.05. The van der Waals surface area contributed by atoms with Crippen molar-refractivity contribution >= 4 is 0 Å². The monoisotopic (exact) mass is 260 g/mol. The Morgan fingerprint density at radius 1 is 1.21 bits per heavy atom. The van der Waals surface area contributed by atoms with Crippen LogP contribution in [0.3, 0.4) is 0 Å². The van der Waals surface area contributed by atoms with E-state index >= 15 is 0 Å². The van der Waals surface area contributed by atoms with Crippen molar-refractivity contribution in [1.29, 1.82) is 0 Å². The van der Waals surface area contributed by atoms with E-state index in [0.29, 0.717) is 6.61 Å². The van der Waals surface area contributed by atoms with E-state index < -0.39 is 0 Å². The minimum Gasteiger partial charge on any atom is -0.370 e. The van der Waals surface area contributed by atoms with Crippen molar-refractivity contribution in [2.24, 2.45) is 0 Å². The molecule has 0 radical (unpaired) electrons. The molecule has 0 spiro atoms. The van der Waals surface area contributed by atoms with E-state index in [4.69, 9.17) is 11.2 Å². The van der Waals surface area contributed by atoms with Crippen LogP contribution in [0, 0.1) is 12.3 Å². The predicted molar refractivity (Wildman–Crippen MR) is 85.0 cm³/mol. The van der Waals surface area contributed by atoms with Crippen molar-refractivity contribution in [3.63, 3.8) is 0 Å². The molecule has 0 saturated carbocycles. The number of rotatable bonds is 8. The Morgan fingerprint density at radius 2 is 1.89 bits per heavy atom. The maximum atomic E-state index is 5.80. The molecule has 0 aliphatic carbocycles. The molecule has 0 aromatic carbocycles. The smallest absolute Gasteiger partial charge is 0.0769 e. The summed E-state index contributed by atoms with van der Waals surface area (Å²) in [5, 5.41) is 0. The lowest BCUT2D eigenvalue weighted by Crippen LogP contribution is -2.09. The van der Waals surface area contributed by atoms with Crippen LogP contribution in [0.25, 0.3) is 0 Å². The van der Waals surface area contributed by atoms with Crippen molar-refractivity contribution in [1.82, 2.24) is 0 Å². The van der Waals surface area contributed by atoms with Gasteiger partial charge in [-0.2, -0.15) is 0 Å². The molecule has 1 atom stereocenters. The molecule has 0 heterocycles. The maximum Gasteiger partial charge on any atom is 0.0769 e. The number of terminal acetylenes is 1. The van der Waals surface area contributed by atoms with Gasteiger partial charge in [-0.15, -0.1) is 6.42 Å². The van der Waals surface area contributed by atoms with Gasteiger partial charge in [-0.05, 0) is 58.6 Å². The van der Waals surface area contributed by atoms with Gasteiger partial charge in [-0.25, -0.2) is 0 Å². The second-order valence-corrected chi connectivity index (χ2v) is 5.14. The molecule has 0 aliphatic heterocycles. The largest absolute Gasteiger partial charge is 0.370 e. The van der Waals surface area contributed by atoms with Gasteiger partial charge in [-0.1, -0.05) is 36.1 Å². The fourth-order valence-electron chi connectivity index (χ4n) is 1.62. The Hall–Kier alpha value is -1.26. The van der Waals surface area contributed by atoms with Crippen molar-refractivity contribution < 1.29 is 4.74 Å². The summed E-state index contributed by atoms with van der Waals surface area (Å²) >= 11 is 0. The number of hydrogen-bond donors (Lipinski definition) is 0. The van der Waals surface area contributed by atoms with Gasteiger partial charge in [0.05, 0.1) is 12.7 Å². The number of hydrogen-bond acceptors (Lipinski definition) is 1. The molecular formula is C18H28O. The third-order valence-corrected chi connectivity index (χ3v) is 2.90. The highest BCUT2D eigenvalue weighted by Crippen LogP contribution is 2.08. The minimum atomic E-state index is 0.123. The fourth-order valence-corrected chi connectivity index (χ4v) is 1.62. The van der Waals surface area contributed by atoms with Crippen LogP contribution in [0.5, 0.6) is 0 Å². The molecule has 0 amide bonds. The molecule has 1 nitrogen and oxygen atoms in total. The van der Waals surface area contributed by atoms with E-state index in [-0.39, 0.29) is 6.10 Å². The van der Waals surface area contributed by atoms with Crippen LogP contribution in [0.2, 0.25) is 0 Å². The van der Waals surface area contributed by atoms with Gasteiger partial charge in [0.25, 0.3) is 0 Å². The SMILES string of the molecule is C#C/C(C)=C\C(CC)OC/C=C(\C)CCC=C(C)C. The highest BCUT2D eigenvalue weighted by atomic mass is 16.5. The van der Waals surface area contributed by atoms with Crippen LogP contribution < -0.4 is 0 Å². The summed E-state index contributed by atoms with van der Waals surface area (Å²) in [6.45, 7) is 11.1. The van der Waals surface area contributed by atoms with Gasteiger partial charge in [0.1, 0.15) is 0 Å². The van der Waals surface area contributed by atoms with Gasteiger partial charge < -0.3 is 4.74 Å². The Kier molecular flexibility index (Phi) is 9.94. The van der Waals surface area contributed by atoms with E-state index in [0.717, 1.165) is 24.8 Å². The van der Waals surface area contributed by atoms with Crippen LogP contribution in [0.4, 0.5) is 0 Å². The molecule has 0 saturated heterocycles. The lowest BCUT2D eigenvalue weighted by molar-refractivity contribution is 0.106. The van der Waals surface area contributed by atoms with Crippen LogP contribution >= 0.6 is 0 Å². The van der Waals surface area contributed by atoms with Crippen molar-refractivity contribution in [3.8, 4) is 12.3 Å². The Balaban J connectivity index is 4.11. The first-order chi connectivity index (χ1) is 8.99. The lowest BCUT2D eigenvalue weighted by atomic mass is 10.1. The molecule has 0 bridgehead atoms. The summed E-state index contributed by atoms with van der Waals surface area (Å²) in [7, 11) is 0. The molecule has 0 aliphatic rings. The zero-order chi connectivity index (χ0) is 14.7. The van der Waals surface area contributed by atoms with Crippen LogP contribution in [-0.2, 0) is 4.74 Å². The zero-order valence-corrected chi connectivity index (χ0v) is 13.1. The zero-order valence-electron chi connectivity index (χ0n) is 13.1. The van der Waals surface area contributed by atoms with Gasteiger partial charge >= 0.3 is 0 Å². The van der Waals surface area contributed by atoms with Crippen LogP contribution in [0.15, 0.2) is 34.9 Å². The molecule has 0 aromatic heterocycles. The van der Waals surface area contributed by atoms with Crippen molar-refractivity contribution in [2.45, 2.75) is 60.0 Å². The summed E-state index contributed by atoms with van der Waals surface area (Å²) in [5.74, 6) is 2.63. The average molecular weight is 260 g/mol. The molecule has 106 valence electrons. The molecule has 0 rings (SSSR count). The molecule has 1 heteroatoms. The fraction of sp³-hybridized carbons (Fsp3) is 0.556. The van der Waals surface area contributed by atoms with E-state index in [1.165, 1.54) is 11.1 Å². The van der Waals surface area contributed by atoms with Crippen LogP contribution in [-0.4, -0.2) is 12.7 Å². The minimum absolute atomic E-state index is 0.123. The van der Waals surface area contributed by atoms with E-state index in [1.807, 2.05) is 13.0 Å². The topological polar surface area (TPSA) is 9.23 Å². The summed E-state index contributed by atoms with van der Waals surface area (Å²) in [6.07, 6.45) is 15.1. The molecule has 19 heavy (non-hydrogen) atoms. The van der Waals surface area contributed by atoms with E-state index in [9.17, 15) is 0 Å². The number of ether oxygens (including phenoxy) is 1. The molecule has 0 aromatic rings. The number of allylic oxidation sites excluding steroid dienone is 4. The third kappa shape index (κ3) is 10.4.